The van der Waals surface area contributed by atoms with Gasteiger partial charge in [-0.25, -0.2) is 5.43 Å². The smallest absolute Gasteiger partial charge is 0.254 e. The van der Waals surface area contributed by atoms with Gasteiger partial charge in [0.2, 0.25) is 5.91 Å². The van der Waals surface area contributed by atoms with Gasteiger partial charge < -0.3 is 5.32 Å². The molecule has 0 aromatic heterocycles. The molecule has 1 aromatic carbocycles. The summed E-state index contributed by atoms with van der Waals surface area (Å²) in [5, 5.41) is 15.9. The number of ketones is 1. The van der Waals surface area contributed by atoms with E-state index in [1.807, 2.05) is 6.92 Å². The van der Waals surface area contributed by atoms with Crippen molar-refractivity contribution in [2.24, 2.45) is 11.0 Å². The third-order valence-corrected chi connectivity index (χ3v) is 4.81. The summed E-state index contributed by atoms with van der Waals surface area (Å²) in [6.07, 6.45) is 2.88. The van der Waals surface area contributed by atoms with Crippen molar-refractivity contribution in [3.05, 3.63) is 28.8 Å². The zero-order chi connectivity index (χ0) is 20.5. The molecular weight excluding hydrogens is 380 g/mol. The van der Waals surface area contributed by atoms with Crippen molar-refractivity contribution in [2.75, 3.05) is 5.32 Å². The molecule has 1 atom stereocenters. The third-order valence-electron chi connectivity index (χ3n) is 4.57. The Morgan fingerprint density at radius 1 is 1.29 bits per heavy atom. The van der Waals surface area contributed by atoms with E-state index in [4.69, 9.17) is 16.9 Å². The van der Waals surface area contributed by atoms with Crippen LogP contribution in [0.25, 0.3) is 0 Å². The number of anilines is 1. The predicted molar refractivity (Wildman–Crippen MR) is 107 cm³/mol. The first kappa shape index (κ1) is 21.6. The third kappa shape index (κ3) is 6.46. The second-order valence-electron chi connectivity index (χ2n) is 6.75. The molecule has 1 aliphatic carbocycles. The maximum atomic E-state index is 12.5. The maximum absolute atomic E-state index is 12.5. The Kier molecular flexibility index (Phi) is 8.15. The first-order chi connectivity index (χ1) is 13.4. The van der Waals surface area contributed by atoms with E-state index >= 15 is 0 Å². The van der Waals surface area contributed by atoms with E-state index in [2.05, 4.69) is 15.8 Å². The van der Waals surface area contributed by atoms with Crippen LogP contribution in [0, 0.1) is 24.2 Å². The summed E-state index contributed by atoms with van der Waals surface area (Å²) in [6.45, 7) is 1.86. The highest BCUT2D eigenvalue weighted by atomic mass is 35.5. The number of Topliss-reactive ketones (excluding diaryl/α,β-unsaturated/α-hetero) is 1. The Morgan fingerprint density at radius 2 is 2.07 bits per heavy atom. The Bertz CT molecular complexity index is 829. The number of hydrogen-bond donors (Lipinski definition) is 2. The first-order valence-corrected chi connectivity index (χ1v) is 9.59. The average molecular weight is 403 g/mol. The van der Waals surface area contributed by atoms with Crippen LogP contribution in [0.1, 0.15) is 50.5 Å². The molecule has 0 spiro atoms. The molecule has 1 unspecified atom stereocenters. The highest BCUT2D eigenvalue weighted by molar-refractivity contribution is 6.30. The van der Waals surface area contributed by atoms with Crippen molar-refractivity contribution in [1.82, 2.24) is 5.43 Å². The number of carbonyl (C=O) groups is 3. The van der Waals surface area contributed by atoms with E-state index in [9.17, 15) is 14.4 Å². The molecule has 8 heteroatoms. The molecule has 148 valence electrons. The summed E-state index contributed by atoms with van der Waals surface area (Å²) < 4.78 is 0. The van der Waals surface area contributed by atoms with E-state index < -0.39 is 5.91 Å². The minimum absolute atomic E-state index is 0.0289. The molecule has 1 aromatic rings. The zero-order valence-electron chi connectivity index (χ0n) is 15.8. The number of rotatable bonds is 8. The molecule has 2 rings (SSSR count). The molecule has 0 radical (unpaired) electrons. The molecule has 1 aliphatic rings. The molecule has 28 heavy (non-hydrogen) atoms. The number of carbonyl (C=O) groups excluding carboxylic acids is 3. The van der Waals surface area contributed by atoms with Crippen molar-refractivity contribution in [1.29, 1.82) is 5.26 Å². The monoisotopic (exact) mass is 402 g/mol. The minimum Gasteiger partial charge on any atom is -0.326 e. The lowest BCUT2D eigenvalue weighted by Gasteiger charge is -2.11. The number of hydrazone groups is 1. The maximum Gasteiger partial charge on any atom is 0.254 e. The van der Waals surface area contributed by atoms with Crippen molar-refractivity contribution in [2.45, 2.75) is 51.9 Å². The van der Waals surface area contributed by atoms with E-state index in [-0.39, 0.29) is 36.9 Å². The quantitative estimate of drug-likeness (QED) is 0.648. The lowest BCUT2D eigenvalue weighted by atomic mass is 9.96. The lowest BCUT2D eigenvalue weighted by molar-refractivity contribution is -0.122. The van der Waals surface area contributed by atoms with E-state index in [1.165, 1.54) is 0 Å². The first-order valence-electron chi connectivity index (χ1n) is 9.21. The van der Waals surface area contributed by atoms with Gasteiger partial charge in [0.15, 0.2) is 0 Å². The van der Waals surface area contributed by atoms with Gasteiger partial charge in [-0.05, 0) is 56.4 Å². The summed E-state index contributed by atoms with van der Waals surface area (Å²) in [6, 6.07) is 6.99. The highest BCUT2D eigenvalue weighted by Gasteiger charge is 2.29. The highest BCUT2D eigenvalue weighted by Crippen LogP contribution is 2.25. The molecule has 0 saturated heterocycles. The molecule has 2 amide bonds. The minimum atomic E-state index is -0.484. The van der Waals surface area contributed by atoms with Crippen molar-refractivity contribution in [3.63, 3.8) is 0 Å². The van der Waals surface area contributed by atoms with Crippen LogP contribution in [0.2, 0.25) is 5.02 Å². The van der Waals surface area contributed by atoms with Gasteiger partial charge in [0.25, 0.3) is 5.91 Å². The molecule has 1 fully saturated rings. The lowest BCUT2D eigenvalue weighted by Crippen LogP contribution is -2.24. The zero-order valence-corrected chi connectivity index (χ0v) is 16.5. The topological polar surface area (TPSA) is 111 Å². The molecular formula is C20H23ClN4O3. The van der Waals surface area contributed by atoms with E-state index in [1.54, 1.807) is 24.3 Å². The number of aryl methyl sites for hydroxylation is 1. The standard InChI is InChI=1S/C20H23ClN4O3/c1-13-12-14(21)8-9-16(13)23-19(27)7-3-6-18(26)15-4-2-5-17(15)24-25-20(28)10-11-22/h8-9,12,15H,2-7,10H2,1H3,(H,23,27)(H,25,28)/b24-17-. The Morgan fingerprint density at radius 3 is 2.79 bits per heavy atom. The van der Waals surface area contributed by atoms with Crippen LogP contribution in [-0.2, 0) is 14.4 Å². The number of hydrogen-bond acceptors (Lipinski definition) is 5. The van der Waals surface area contributed by atoms with Crippen LogP contribution >= 0.6 is 11.6 Å². The van der Waals surface area contributed by atoms with Crippen LogP contribution in [0.4, 0.5) is 5.69 Å². The molecule has 0 heterocycles. The van der Waals surface area contributed by atoms with Gasteiger partial charge in [0.1, 0.15) is 12.2 Å². The summed E-state index contributed by atoms with van der Waals surface area (Å²) in [4.78, 5) is 35.9. The molecule has 0 bridgehead atoms. The van der Waals surface area contributed by atoms with Crippen LogP contribution < -0.4 is 10.7 Å². The van der Waals surface area contributed by atoms with E-state index in [0.29, 0.717) is 35.7 Å². The molecule has 7 nitrogen and oxygen atoms in total. The van der Waals surface area contributed by atoms with Crippen molar-refractivity contribution >= 4 is 40.6 Å². The van der Waals surface area contributed by atoms with Gasteiger partial charge in [-0.15, -0.1) is 0 Å². The second kappa shape index (κ2) is 10.6. The Labute approximate surface area is 169 Å². The van der Waals surface area contributed by atoms with E-state index in [0.717, 1.165) is 12.0 Å². The largest absolute Gasteiger partial charge is 0.326 e. The number of nitriles is 1. The average Bonchev–Trinajstić information content (AvgIpc) is 3.11. The fourth-order valence-corrected chi connectivity index (χ4v) is 3.36. The second-order valence-corrected chi connectivity index (χ2v) is 7.18. The fourth-order valence-electron chi connectivity index (χ4n) is 3.13. The Hall–Kier alpha value is -2.72. The summed E-state index contributed by atoms with van der Waals surface area (Å²) >= 11 is 5.90. The fraction of sp³-hybridized carbons (Fsp3) is 0.450. The molecule has 2 N–H and O–H groups in total. The van der Waals surface area contributed by atoms with Crippen LogP contribution in [-0.4, -0.2) is 23.3 Å². The number of halogens is 1. The van der Waals surface area contributed by atoms with Gasteiger partial charge >= 0.3 is 0 Å². The molecule has 0 aliphatic heterocycles. The van der Waals surface area contributed by atoms with Crippen LogP contribution in [0.15, 0.2) is 23.3 Å². The molecule has 1 saturated carbocycles. The number of nitrogens with zero attached hydrogens (tertiary/aromatic N) is 2. The van der Waals surface area contributed by atoms with Gasteiger partial charge in [0.05, 0.1) is 12.0 Å². The van der Waals surface area contributed by atoms with Crippen LogP contribution in [0.3, 0.4) is 0 Å². The van der Waals surface area contributed by atoms with Gasteiger partial charge in [0, 0.05) is 29.3 Å². The summed E-state index contributed by atoms with van der Waals surface area (Å²) in [5.74, 6) is -0.922. The normalized spacial score (nSPS) is 17.2. The SMILES string of the molecule is Cc1cc(Cl)ccc1NC(=O)CCCC(=O)C1CCC/C1=N/NC(=O)CC#N. The van der Waals surface area contributed by atoms with Gasteiger partial charge in [-0.1, -0.05) is 11.6 Å². The van der Waals surface area contributed by atoms with Crippen LogP contribution in [0.5, 0.6) is 0 Å². The number of amides is 2. The summed E-state index contributed by atoms with van der Waals surface area (Å²) in [7, 11) is 0. The number of nitrogens with one attached hydrogen (secondary N) is 2. The summed E-state index contributed by atoms with van der Waals surface area (Å²) in [5.41, 5.74) is 4.56. The van der Waals surface area contributed by atoms with Gasteiger partial charge in [-0.2, -0.15) is 10.4 Å². The van der Waals surface area contributed by atoms with Gasteiger partial charge in [-0.3, -0.25) is 14.4 Å². The van der Waals surface area contributed by atoms with Crippen molar-refractivity contribution in [3.8, 4) is 6.07 Å². The predicted octanol–water partition coefficient (Wildman–Crippen LogP) is 3.51. The Balaban J connectivity index is 1.79. The number of benzene rings is 1. The van der Waals surface area contributed by atoms with Crippen molar-refractivity contribution < 1.29 is 14.4 Å².